The van der Waals surface area contributed by atoms with Gasteiger partial charge in [-0.05, 0) is 0 Å². The molecule has 6 atom stereocenters. The first-order valence-electron chi connectivity index (χ1n) is 8.97. The zero-order valence-electron chi connectivity index (χ0n) is 15.7. The van der Waals surface area contributed by atoms with E-state index in [1.54, 1.807) is 0 Å². The molecule has 1 amide bonds. The number of ether oxygens (including phenoxy) is 5. The number of alkyl halides is 3. The van der Waals surface area contributed by atoms with Crippen molar-refractivity contribution in [2.24, 2.45) is 0 Å². The minimum atomic E-state index is -1.81. The molecule has 0 saturated carbocycles. The smallest absolute Gasteiger partial charge is 0.407 e. The van der Waals surface area contributed by atoms with Crippen LogP contribution in [0.25, 0.3) is 0 Å². The topological polar surface area (TPSA) is 113 Å². The molecule has 0 radical (unpaired) electrons. The number of carbonyl (C=O) groups is 2. The molecule has 1 aromatic rings. The van der Waals surface area contributed by atoms with Gasteiger partial charge in [0.25, 0.3) is 0 Å². The van der Waals surface area contributed by atoms with Gasteiger partial charge in [0.1, 0.15) is 24.9 Å². The lowest BCUT2D eigenvalue weighted by Gasteiger charge is -2.47. The second-order valence-electron chi connectivity index (χ2n) is 6.68. The van der Waals surface area contributed by atoms with E-state index in [4.69, 9.17) is 58.5 Å². The van der Waals surface area contributed by atoms with Crippen LogP contribution in [0.2, 0.25) is 0 Å². The van der Waals surface area contributed by atoms with Crippen LogP contribution in [0.4, 0.5) is 4.79 Å². The first-order valence-corrected chi connectivity index (χ1v) is 10.1. The highest BCUT2D eigenvalue weighted by Gasteiger charge is 2.52. The molecule has 1 unspecified atom stereocenters. The Bertz CT molecular complexity index is 747. The highest BCUT2D eigenvalue weighted by Crippen LogP contribution is 2.35. The molecule has 12 heteroatoms. The molecule has 2 N–H and O–H groups in total. The van der Waals surface area contributed by atoms with Gasteiger partial charge in [0, 0.05) is 12.5 Å². The Morgan fingerprint density at radius 2 is 1.93 bits per heavy atom. The standard InChI is InChI=1S/C18H20Cl3NO8/c1-9(23)28-14-12(22-17(25)27-8-18(19,20)21)15(24)29-11-7-26-16(30-13(11)14)10-5-3-2-4-6-10/h2-6,11-16,24H,7-8H2,1H3,(H,22,25)/t11-,12-,13-,14-,15+,16?/m1/s1. The van der Waals surface area contributed by atoms with Gasteiger partial charge in [-0.15, -0.1) is 0 Å². The highest BCUT2D eigenvalue weighted by molar-refractivity contribution is 6.67. The van der Waals surface area contributed by atoms with E-state index < -0.39 is 59.4 Å². The van der Waals surface area contributed by atoms with Gasteiger partial charge in [-0.25, -0.2) is 4.79 Å². The van der Waals surface area contributed by atoms with Crippen LogP contribution in [0.1, 0.15) is 18.8 Å². The zero-order chi connectivity index (χ0) is 21.9. The molecule has 0 aromatic heterocycles. The highest BCUT2D eigenvalue weighted by atomic mass is 35.6. The van der Waals surface area contributed by atoms with Crippen LogP contribution >= 0.6 is 34.8 Å². The molecule has 2 aliphatic heterocycles. The number of benzene rings is 1. The number of nitrogens with one attached hydrogen (secondary N) is 1. The lowest BCUT2D eigenvalue weighted by molar-refractivity contribution is -0.338. The first-order chi connectivity index (χ1) is 14.1. The second-order valence-corrected chi connectivity index (χ2v) is 9.19. The summed E-state index contributed by atoms with van der Waals surface area (Å²) in [7, 11) is 0. The maximum Gasteiger partial charge on any atom is 0.407 e. The maximum absolute atomic E-state index is 12.1. The van der Waals surface area contributed by atoms with Gasteiger partial charge in [-0.1, -0.05) is 65.1 Å². The van der Waals surface area contributed by atoms with Crippen LogP contribution in [0.3, 0.4) is 0 Å². The average Bonchev–Trinajstić information content (AvgIpc) is 2.68. The van der Waals surface area contributed by atoms with Crippen molar-refractivity contribution in [3.05, 3.63) is 35.9 Å². The molecule has 1 aromatic carbocycles. The number of halogens is 3. The summed E-state index contributed by atoms with van der Waals surface area (Å²) in [6, 6.07) is 7.92. The molecule has 2 saturated heterocycles. The summed E-state index contributed by atoms with van der Waals surface area (Å²) in [5.41, 5.74) is 0.746. The van der Waals surface area contributed by atoms with Crippen LogP contribution in [-0.2, 0) is 28.5 Å². The number of carbonyl (C=O) groups excluding carboxylic acids is 2. The van der Waals surface area contributed by atoms with Crippen molar-refractivity contribution >= 4 is 46.9 Å². The number of rotatable bonds is 4. The molecule has 0 aliphatic carbocycles. The molecule has 9 nitrogen and oxygen atoms in total. The number of alkyl carbamates (subject to hydrolysis) is 1. The number of fused-ring (bicyclic) bond motifs is 1. The van der Waals surface area contributed by atoms with Gasteiger partial charge < -0.3 is 34.1 Å². The summed E-state index contributed by atoms with van der Waals surface area (Å²) in [4.78, 5) is 23.8. The molecule has 3 rings (SSSR count). The van der Waals surface area contributed by atoms with E-state index in [-0.39, 0.29) is 6.61 Å². The van der Waals surface area contributed by atoms with Crippen LogP contribution < -0.4 is 5.32 Å². The van der Waals surface area contributed by atoms with E-state index in [1.807, 2.05) is 30.3 Å². The summed E-state index contributed by atoms with van der Waals surface area (Å²) in [5, 5.41) is 12.8. The third-order valence-corrected chi connectivity index (χ3v) is 4.71. The van der Waals surface area contributed by atoms with Crippen molar-refractivity contribution in [3.8, 4) is 0 Å². The lowest BCUT2D eigenvalue weighted by atomic mass is 9.95. The maximum atomic E-state index is 12.1. The quantitative estimate of drug-likeness (QED) is 0.494. The van der Waals surface area contributed by atoms with Crippen molar-refractivity contribution < 1.29 is 38.4 Å². The van der Waals surface area contributed by atoms with E-state index in [2.05, 4.69) is 5.32 Å². The number of hydrogen-bond acceptors (Lipinski definition) is 8. The van der Waals surface area contributed by atoms with Crippen molar-refractivity contribution in [1.82, 2.24) is 5.32 Å². The summed E-state index contributed by atoms with van der Waals surface area (Å²) in [6.07, 6.45) is -5.95. The monoisotopic (exact) mass is 483 g/mol. The van der Waals surface area contributed by atoms with Crippen molar-refractivity contribution in [1.29, 1.82) is 0 Å². The third kappa shape index (κ3) is 6.10. The fourth-order valence-corrected chi connectivity index (χ4v) is 3.34. The predicted octanol–water partition coefficient (Wildman–Crippen LogP) is 2.21. The van der Waals surface area contributed by atoms with Crippen LogP contribution in [0.15, 0.2) is 30.3 Å². The fraction of sp³-hybridized carbons (Fsp3) is 0.556. The van der Waals surface area contributed by atoms with E-state index in [0.29, 0.717) is 0 Å². The van der Waals surface area contributed by atoms with Crippen molar-refractivity contribution in [2.45, 2.75) is 47.7 Å². The van der Waals surface area contributed by atoms with Crippen molar-refractivity contribution in [2.75, 3.05) is 13.2 Å². The Morgan fingerprint density at radius 3 is 2.57 bits per heavy atom. The van der Waals surface area contributed by atoms with Crippen molar-refractivity contribution in [3.63, 3.8) is 0 Å². The number of aliphatic hydroxyl groups is 1. The Morgan fingerprint density at radius 1 is 1.23 bits per heavy atom. The van der Waals surface area contributed by atoms with Gasteiger partial charge in [-0.2, -0.15) is 0 Å². The number of aliphatic hydroxyl groups excluding tert-OH is 1. The SMILES string of the molecule is CC(=O)O[C@@H]1[C@@H](NC(=O)OCC(Cl)(Cl)Cl)[C@@H](O)O[C@@H]2COC(c3ccccc3)O[C@@H]12. The number of amides is 1. The Kier molecular flexibility index (Phi) is 7.67. The van der Waals surface area contributed by atoms with Gasteiger partial charge in [0.05, 0.1) is 6.61 Å². The molecule has 2 heterocycles. The Labute approximate surface area is 187 Å². The number of hydrogen-bond donors (Lipinski definition) is 2. The molecule has 0 bridgehead atoms. The van der Waals surface area contributed by atoms with Gasteiger partial charge >= 0.3 is 12.1 Å². The van der Waals surface area contributed by atoms with Crippen LogP contribution in [-0.4, -0.2) is 64.8 Å². The largest absolute Gasteiger partial charge is 0.457 e. The van der Waals surface area contributed by atoms with E-state index in [0.717, 1.165) is 5.56 Å². The first kappa shape index (κ1) is 23.3. The second kappa shape index (κ2) is 9.86. The molecule has 0 spiro atoms. The van der Waals surface area contributed by atoms with E-state index in [9.17, 15) is 14.7 Å². The summed E-state index contributed by atoms with van der Waals surface area (Å²) >= 11 is 16.7. The predicted molar refractivity (Wildman–Crippen MR) is 105 cm³/mol. The van der Waals surface area contributed by atoms with Gasteiger partial charge in [0.2, 0.25) is 3.79 Å². The third-order valence-electron chi connectivity index (χ3n) is 4.38. The van der Waals surface area contributed by atoms with E-state index >= 15 is 0 Å². The molecular formula is C18H20Cl3NO8. The molecule has 2 aliphatic rings. The summed E-state index contributed by atoms with van der Waals surface area (Å²) in [5.74, 6) is -0.638. The lowest BCUT2D eigenvalue weighted by Crippen LogP contribution is -2.67. The summed E-state index contributed by atoms with van der Waals surface area (Å²) in [6.45, 7) is 0.741. The normalized spacial score (nSPS) is 31.4. The fourth-order valence-electron chi connectivity index (χ4n) is 3.18. The van der Waals surface area contributed by atoms with Gasteiger partial charge in [0.15, 0.2) is 18.7 Å². The molecule has 166 valence electrons. The average molecular weight is 485 g/mol. The minimum absolute atomic E-state index is 0.0729. The molecule has 30 heavy (non-hydrogen) atoms. The zero-order valence-corrected chi connectivity index (χ0v) is 18.0. The van der Waals surface area contributed by atoms with Crippen LogP contribution in [0.5, 0.6) is 0 Å². The Balaban J connectivity index is 1.76. The van der Waals surface area contributed by atoms with E-state index in [1.165, 1.54) is 6.92 Å². The minimum Gasteiger partial charge on any atom is -0.457 e. The number of esters is 1. The summed E-state index contributed by atoms with van der Waals surface area (Å²) < 4.78 is 25.5. The molecular weight excluding hydrogens is 465 g/mol. The van der Waals surface area contributed by atoms with Crippen LogP contribution in [0, 0.1) is 0 Å². The Hall–Kier alpha value is -1.33. The van der Waals surface area contributed by atoms with Gasteiger partial charge in [-0.3, -0.25) is 4.79 Å². The molecule has 2 fully saturated rings.